The Labute approximate surface area is 147 Å². The molecule has 2 aromatic rings. The van der Waals surface area contributed by atoms with Crippen LogP contribution in [0.3, 0.4) is 0 Å². The van der Waals surface area contributed by atoms with Gasteiger partial charge in [-0.3, -0.25) is 4.79 Å². The van der Waals surface area contributed by atoms with E-state index in [1.54, 1.807) is 0 Å². The second-order valence-electron chi connectivity index (χ2n) is 5.86. The number of hydrogen-bond donors (Lipinski definition) is 0. The first-order chi connectivity index (χ1) is 12.3. The molecule has 1 fully saturated rings. The fourth-order valence-corrected chi connectivity index (χ4v) is 2.73. The number of carbonyl (C=O) groups excluding carboxylic acids is 1. The Morgan fingerprint density at radius 1 is 0.920 bits per heavy atom. The summed E-state index contributed by atoms with van der Waals surface area (Å²) in [7, 11) is 1.45. The zero-order valence-corrected chi connectivity index (χ0v) is 14.2. The Hall–Kier alpha value is -2.05. The van der Waals surface area contributed by atoms with Gasteiger partial charge in [-0.15, -0.1) is 0 Å². The lowest BCUT2D eigenvalue weighted by molar-refractivity contribution is -0.154. The predicted molar refractivity (Wildman–Crippen MR) is 91.8 cm³/mol. The minimum Gasteiger partial charge on any atom is -0.374 e. The molecule has 3 atom stereocenters. The van der Waals surface area contributed by atoms with Crippen LogP contribution in [0.1, 0.15) is 11.1 Å². The summed E-state index contributed by atoms with van der Waals surface area (Å²) in [4.78, 5) is 12.4. The standard InChI is InChI=1S/C20H22O5/c1-22-20-18(21)19(24-13-16-10-6-3-7-11-16)17(25-20)14-23-12-15-8-4-2-5-9-15/h2-11,17,19-20H,12-14H2,1H3. The third kappa shape index (κ3) is 4.74. The Morgan fingerprint density at radius 3 is 2.12 bits per heavy atom. The van der Waals surface area contributed by atoms with Crippen LogP contribution in [-0.4, -0.2) is 38.0 Å². The molecule has 0 saturated carbocycles. The van der Waals surface area contributed by atoms with Crippen molar-refractivity contribution in [3.63, 3.8) is 0 Å². The van der Waals surface area contributed by atoms with E-state index in [0.29, 0.717) is 13.2 Å². The van der Waals surface area contributed by atoms with Crippen LogP contribution in [0.25, 0.3) is 0 Å². The van der Waals surface area contributed by atoms with Gasteiger partial charge in [0.1, 0.15) is 12.2 Å². The molecule has 1 heterocycles. The summed E-state index contributed by atoms with van der Waals surface area (Å²) in [6, 6.07) is 19.6. The average Bonchev–Trinajstić information content (AvgIpc) is 2.97. The summed E-state index contributed by atoms with van der Waals surface area (Å²) in [5.41, 5.74) is 2.07. The molecular formula is C20H22O5. The van der Waals surface area contributed by atoms with E-state index in [4.69, 9.17) is 18.9 Å². The van der Waals surface area contributed by atoms with Gasteiger partial charge in [-0.1, -0.05) is 60.7 Å². The van der Waals surface area contributed by atoms with E-state index in [2.05, 4.69) is 0 Å². The predicted octanol–water partition coefficient (Wildman–Crippen LogP) is 2.73. The first-order valence-corrected chi connectivity index (χ1v) is 8.27. The zero-order chi connectivity index (χ0) is 17.5. The van der Waals surface area contributed by atoms with E-state index >= 15 is 0 Å². The van der Waals surface area contributed by atoms with Gasteiger partial charge in [0.25, 0.3) is 0 Å². The van der Waals surface area contributed by atoms with Crippen molar-refractivity contribution < 1.29 is 23.7 Å². The number of methoxy groups -OCH3 is 1. The van der Waals surface area contributed by atoms with Crippen LogP contribution in [-0.2, 0) is 37.0 Å². The molecule has 1 saturated heterocycles. The van der Waals surface area contributed by atoms with Crippen LogP contribution in [0, 0.1) is 0 Å². The van der Waals surface area contributed by atoms with Gasteiger partial charge in [-0.2, -0.15) is 0 Å². The van der Waals surface area contributed by atoms with Gasteiger partial charge in [0.2, 0.25) is 12.1 Å². The van der Waals surface area contributed by atoms with Crippen LogP contribution >= 0.6 is 0 Å². The average molecular weight is 342 g/mol. The topological polar surface area (TPSA) is 54.0 Å². The van der Waals surface area contributed by atoms with Crippen LogP contribution in [0.2, 0.25) is 0 Å². The third-order valence-electron chi connectivity index (χ3n) is 4.03. The summed E-state index contributed by atoms with van der Waals surface area (Å²) in [6.07, 6.45) is -2.07. The second-order valence-corrected chi connectivity index (χ2v) is 5.86. The van der Waals surface area contributed by atoms with Crippen molar-refractivity contribution >= 4 is 5.78 Å². The van der Waals surface area contributed by atoms with E-state index in [1.165, 1.54) is 7.11 Å². The maximum Gasteiger partial charge on any atom is 0.220 e. The van der Waals surface area contributed by atoms with Gasteiger partial charge in [0, 0.05) is 7.11 Å². The number of carbonyl (C=O) groups is 1. The van der Waals surface area contributed by atoms with E-state index in [1.807, 2.05) is 60.7 Å². The summed E-state index contributed by atoms with van der Waals surface area (Å²) >= 11 is 0. The van der Waals surface area contributed by atoms with Crippen LogP contribution in [0.4, 0.5) is 0 Å². The number of ketones is 1. The van der Waals surface area contributed by atoms with E-state index in [9.17, 15) is 4.79 Å². The smallest absolute Gasteiger partial charge is 0.220 e. The normalized spacial score (nSPS) is 23.1. The molecule has 0 aromatic heterocycles. The number of Topliss-reactive ketones (excluding diaryl/α,β-unsaturated/α-hetero) is 1. The molecule has 5 heteroatoms. The highest BCUT2D eigenvalue weighted by Crippen LogP contribution is 2.22. The number of ether oxygens (including phenoxy) is 4. The molecule has 0 bridgehead atoms. The van der Waals surface area contributed by atoms with Gasteiger partial charge in [-0.25, -0.2) is 0 Å². The van der Waals surface area contributed by atoms with Gasteiger partial charge in [0.15, 0.2) is 0 Å². The highest BCUT2D eigenvalue weighted by Gasteiger charge is 2.44. The SMILES string of the molecule is COC1OC(COCc2ccccc2)C(OCc2ccccc2)C1=O. The molecule has 3 rings (SSSR count). The Bertz CT molecular complexity index is 658. The Balaban J connectivity index is 1.56. The molecule has 25 heavy (non-hydrogen) atoms. The van der Waals surface area contributed by atoms with Gasteiger partial charge < -0.3 is 18.9 Å². The van der Waals surface area contributed by atoms with E-state index < -0.39 is 18.5 Å². The molecule has 0 amide bonds. The summed E-state index contributed by atoms with van der Waals surface area (Å²) < 4.78 is 22.3. The van der Waals surface area contributed by atoms with Gasteiger partial charge in [0.05, 0.1) is 19.8 Å². The van der Waals surface area contributed by atoms with Crippen molar-refractivity contribution in [2.24, 2.45) is 0 Å². The first-order valence-electron chi connectivity index (χ1n) is 8.27. The second kappa shape index (κ2) is 8.87. The number of hydrogen-bond acceptors (Lipinski definition) is 5. The van der Waals surface area contributed by atoms with Crippen LogP contribution in [0.15, 0.2) is 60.7 Å². The maximum absolute atomic E-state index is 12.4. The van der Waals surface area contributed by atoms with Gasteiger partial charge >= 0.3 is 0 Å². The lowest BCUT2D eigenvalue weighted by atomic mass is 10.1. The van der Waals surface area contributed by atoms with Crippen LogP contribution < -0.4 is 0 Å². The summed E-state index contributed by atoms with van der Waals surface area (Å²) in [6.45, 7) is 1.06. The molecule has 1 aliphatic rings. The number of rotatable bonds is 8. The summed E-state index contributed by atoms with van der Waals surface area (Å²) in [5, 5.41) is 0. The molecule has 5 nitrogen and oxygen atoms in total. The molecule has 0 spiro atoms. The Morgan fingerprint density at radius 2 is 1.52 bits per heavy atom. The lowest BCUT2D eigenvalue weighted by Crippen LogP contribution is -2.34. The molecule has 1 aliphatic heterocycles. The quantitative estimate of drug-likeness (QED) is 0.738. The fourth-order valence-electron chi connectivity index (χ4n) is 2.73. The monoisotopic (exact) mass is 342 g/mol. The van der Waals surface area contributed by atoms with Crippen molar-refractivity contribution in [3.8, 4) is 0 Å². The van der Waals surface area contributed by atoms with Crippen molar-refractivity contribution in [2.45, 2.75) is 31.7 Å². The largest absolute Gasteiger partial charge is 0.374 e. The van der Waals surface area contributed by atoms with Crippen molar-refractivity contribution in [1.29, 1.82) is 0 Å². The van der Waals surface area contributed by atoms with Crippen molar-refractivity contribution in [3.05, 3.63) is 71.8 Å². The lowest BCUT2D eigenvalue weighted by Gasteiger charge is -2.17. The molecule has 0 N–H and O–H groups in total. The first kappa shape index (κ1) is 17.8. The zero-order valence-electron chi connectivity index (χ0n) is 14.2. The molecule has 0 aliphatic carbocycles. The fraction of sp³-hybridized carbons (Fsp3) is 0.350. The Kier molecular flexibility index (Phi) is 6.30. The number of benzene rings is 2. The van der Waals surface area contributed by atoms with Crippen LogP contribution in [0.5, 0.6) is 0 Å². The highest BCUT2D eigenvalue weighted by molar-refractivity contribution is 5.88. The minimum atomic E-state index is -0.897. The molecule has 132 valence electrons. The van der Waals surface area contributed by atoms with Crippen molar-refractivity contribution in [1.82, 2.24) is 0 Å². The molecule has 3 unspecified atom stereocenters. The highest BCUT2D eigenvalue weighted by atomic mass is 16.7. The summed E-state index contributed by atoms with van der Waals surface area (Å²) in [5.74, 6) is -0.202. The molecular weight excluding hydrogens is 320 g/mol. The third-order valence-corrected chi connectivity index (χ3v) is 4.03. The van der Waals surface area contributed by atoms with Gasteiger partial charge in [-0.05, 0) is 11.1 Å². The van der Waals surface area contributed by atoms with E-state index in [-0.39, 0.29) is 12.4 Å². The maximum atomic E-state index is 12.4. The van der Waals surface area contributed by atoms with E-state index in [0.717, 1.165) is 11.1 Å². The minimum absolute atomic E-state index is 0.202. The molecule has 2 aromatic carbocycles. The molecule has 0 radical (unpaired) electrons. The van der Waals surface area contributed by atoms with Crippen molar-refractivity contribution in [2.75, 3.05) is 13.7 Å².